The van der Waals surface area contributed by atoms with E-state index in [0.29, 0.717) is 5.54 Å². The number of rotatable bonds is 11. The van der Waals surface area contributed by atoms with Gasteiger partial charge in [0.25, 0.3) is 0 Å². The highest BCUT2D eigenvalue weighted by Crippen LogP contribution is 2.28. The highest BCUT2D eigenvalue weighted by atomic mass is 15.3. The van der Waals surface area contributed by atoms with Crippen LogP contribution >= 0.6 is 0 Å². The van der Waals surface area contributed by atoms with Crippen LogP contribution in [0.4, 0.5) is 0 Å². The van der Waals surface area contributed by atoms with Crippen molar-refractivity contribution in [1.29, 1.82) is 0 Å². The van der Waals surface area contributed by atoms with Crippen LogP contribution in [0, 0.1) is 0 Å². The molecule has 0 aromatic rings. The second-order valence-electron chi connectivity index (χ2n) is 7.24. The van der Waals surface area contributed by atoms with E-state index in [4.69, 9.17) is 0 Å². The maximum Gasteiger partial charge on any atom is 0.0182 e. The predicted octanol–water partition coefficient (Wildman–Crippen LogP) is 4.93. The fourth-order valence-electron chi connectivity index (χ4n) is 3.81. The van der Waals surface area contributed by atoms with Crippen molar-refractivity contribution in [1.82, 2.24) is 9.80 Å². The molecule has 1 unspecified atom stereocenters. The molecule has 1 atom stereocenters. The SMILES string of the molecule is CCCCCCN1CCN(C(C)(CCC)CCCC)CC1. The Morgan fingerprint density at radius 2 is 1.38 bits per heavy atom. The Kier molecular flexibility index (Phi) is 9.59. The van der Waals surface area contributed by atoms with Crippen molar-refractivity contribution in [2.75, 3.05) is 32.7 Å². The van der Waals surface area contributed by atoms with Crippen molar-refractivity contribution in [3.05, 3.63) is 0 Å². The molecule has 0 spiro atoms. The summed E-state index contributed by atoms with van der Waals surface area (Å²) in [6, 6.07) is 0. The summed E-state index contributed by atoms with van der Waals surface area (Å²) < 4.78 is 0. The minimum atomic E-state index is 0.457. The summed E-state index contributed by atoms with van der Waals surface area (Å²) in [4.78, 5) is 5.49. The maximum atomic E-state index is 2.80. The molecule has 2 heteroatoms. The number of hydrogen-bond acceptors (Lipinski definition) is 2. The van der Waals surface area contributed by atoms with Gasteiger partial charge in [0, 0.05) is 31.7 Å². The van der Waals surface area contributed by atoms with E-state index < -0.39 is 0 Å². The van der Waals surface area contributed by atoms with Gasteiger partial charge in [-0.3, -0.25) is 4.90 Å². The lowest BCUT2D eigenvalue weighted by Crippen LogP contribution is -2.55. The van der Waals surface area contributed by atoms with Crippen molar-refractivity contribution >= 4 is 0 Å². The Bertz CT molecular complexity index is 246. The van der Waals surface area contributed by atoms with E-state index in [1.54, 1.807) is 0 Å². The molecular formula is C19H40N2. The van der Waals surface area contributed by atoms with E-state index in [2.05, 4.69) is 37.5 Å². The average Bonchev–Trinajstić information content (AvgIpc) is 2.50. The highest BCUT2D eigenvalue weighted by Gasteiger charge is 2.32. The molecule has 0 saturated carbocycles. The molecule has 0 bridgehead atoms. The first kappa shape index (κ1) is 19.0. The summed E-state index contributed by atoms with van der Waals surface area (Å²) in [5.74, 6) is 0. The standard InChI is InChI=1S/C19H40N2/c1-5-8-10-11-14-20-15-17-21(18-16-20)19(4,12-7-3)13-9-6-2/h5-18H2,1-4H3. The van der Waals surface area contributed by atoms with Crippen molar-refractivity contribution in [3.8, 4) is 0 Å². The topological polar surface area (TPSA) is 6.48 Å². The van der Waals surface area contributed by atoms with Crippen LogP contribution in [0.25, 0.3) is 0 Å². The normalized spacial score (nSPS) is 20.6. The summed E-state index contributed by atoms with van der Waals surface area (Å²) >= 11 is 0. The van der Waals surface area contributed by atoms with Gasteiger partial charge in [0.05, 0.1) is 0 Å². The third kappa shape index (κ3) is 6.69. The quantitative estimate of drug-likeness (QED) is 0.499. The van der Waals surface area contributed by atoms with Gasteiger partial charge in [-0.1, -0.05) is 59.3 Å². The second-order valence-corrected chi connectivity index (χ2v) is 7.24. The lowest BCUT2D eigenvalue weighted by Gasteiger charge is -2.46. The zero-order chi connectivity index (χ0) is 15.6. The third-order valence-corrected chi connectivity index (χ3v) is 5.32. The van der Waals surface area contributed by atoms with Crippen LogP contribution in [-0.2, 0) is 0 Å². The van der Waals surface area contributed by atoms with E-state index in [9.17, 15) is 0 Å². The van der Waals surface area contributed by atoms with Gasteiger partial charge in [-0.25, -0.2) is 0 Å². The fourth-order valence-corrected chi connectivity index (χ4v) is 3.81. The Balaban J connectivity index is 2.34. The van der Waals surface area contributed by atoms with E-state index in [0.717, 1.165) is 0 Å². The molecule has 0 aliphatic carbocycles. The first-order valence-corrected chi connectivity index (χ1v) is 9.63. The molecule has 1 rings (SSSR count). The van der Waals surface area contributed by atoms with Crippen LogP contribution in [-0.4, -0.2) is 48.1 Å². The number of hydrogen-bond donors (Lipinski definition) is 0. The second kappa shape index (κ2) is 10.6. The molecule has 126 valence electrons. The minimum absolute atomic E-state index is 0.457. The molecule has 2 nitrogen and oxygen atoms in total. The Morgan fingerprint density at radius 3 is 1.95 bits per heavy atom. The Hall–Kier alpha value is -0.0800. The number of unbranched alkanes of at least 4 members (excludes halogenated alkanes) is 4. The molecule has 1 aliphatic rings. The first-order chi connectivity index (χ1) is 10.2. The van der Waals surface area contributed by atoms with E-state index >= 15 is 0 Å². The molecule has 0 N–H and O–H groups in total. The molecule has 1 heterocycles. The Morgan fingerprint density at radius 1 is 0.714 bits per heavy atom. The third-order valence-electron chi connectivity index (χ3n) is 5.32. The molecule has 0 amide bonds. The predicted molar refractivity (Wildman–Crippen MR) is 95.0 cm³/mol. The summed E-state index contributed by atoms with van der Waals surface area (Å²) in [6.45, 7) is 16.0. The fraction of sp³-hybridized carbons (Fsp3) is 1.00. The maximum absolute atomic E-state index is 2.80. The highest BCUT2D eigenvalue weighted by molar-refractivity contribution is 4.89. The van der Waals surface area contributed by atoms with E-state index in [1.165, 1.54) is 90.5 Å². The molecule has 0 aromatic carbocycles. The van der Waals surface area contributed by atoms with Crippen molar-refractivity contribution < 1.29 is 0 Å². The zero-order valence-corrected chi connectivity index (χ0v) is 15.3. The average molecular weight is 297 g/mol. The van der Waals surface area contributed by atoms with Crippen molar-refractivity contribution in [2.45, 2.75) is 91.0 Å². The lowest BCUT2D eigenvalue weighted by molar-refractivity contribution is 0.0289. The minimum Gasteiger partial charge on any atom is -0.301 e. The summed E-state index contributed by atoms with van der Waals surface area (Å²) in [6.07, 6.45) is 12.3. The van der Waals surface area contributed by atoms with Gasteiger partial charge in [-0.15, -0.1) is 0 Å². The lowest BCUT2D eigenvalue weighted by atomic mass is 9.87. The zero-order valence-electron chi connectivity index (χ0n) is 15.3. The van der Waals surface area contributed by atoms with Gasteiger partial charge in [0.2, 0.25) is 0 Å². The molecule has 21 heavy (non-hydrogen) atoms. The molecule has 1 aliphatic heterocycles. The van der Waals surface area contributed by atoms with Crippen LogP contribution in [0.5, 0.6) is 0 Å². The summed E-state index contributed by atoms with van der Waals surface area (Å²) in [5.41, 5.74) is 0.457. The van der Waals surface area contributed by atoms with E-state index in [1.807, 2.05) is 0 Å². The van der Waals surface area contributed by atoms with Gasteiger partial charge in [0.15, 0.2) is 0 Å². The van der Waals surface area contributed by atoms with Gasteiger partial charge >= 0.3 is 0 Å². The van der Waals surface area contributed by atoms with Crippen LogP contribution in [0.2, 0.25) is 0 Å². The van der Waals surface area contributed by atoms with Gasteiger partial charge in [0.1, 0.15) is 0 Å². The molecule has 0 aromatic heterocycles. The smallest absolute Gasteiger partial charge is 0.0182 e. The number of piperazine rings is 1. The van der Waals surface area contributed by atoms with E-state index in [-0.39, 0.29) is 0 Å². The molecule has 1 saturated heterocycles. The molecule has 1 fully saturated rings. The monoisotopic (exact) mass is 296 g/mol. The van der Waals surface area contributed by atoms with Crippen LogP contribution in [0.15, 0.2) is 0 Å². The summed E-state index contributed by atoms with van der Waals surface area (Å²) in [5, 5.41) is 0. The number of nitrogens with zero attached hydrogens (tertiary/aromatic N) is 2. The first-order valence-electron chi connectivity index (χ1n) is 9.63. The molecule has 0 radical (unpaired) electrons. The molecular weight excluding hydrogens is 256 g/mol. The van der Waals surface area contributed by atoms with Crippen LogP contribution < -0.4 is 0 Å². The van der Waals surface area contributed by atoms with Crippen molar-refractivity contribution in [3.63, 3.8) is 0 Å². The van der Waals surface area contributed by atoms with Gasteiger partial charge < -0.3 is 4.90 Å². The van der Waals surface area contributed by atoms with Gasteiger partial charge in [-0.05, 0) is 32.7 Å². The van der Waals surface area contributed by atoms with Crippen LogP contribution in [0.1, 0.15) is 85.5 Å². The summed E-state index contributed by atoms with van der Waals surface area (Å²) in [7, 11) is 0. The largest absolute Gasteiger partial charge is 0.301 e. The van der Waals surface area contributed by atoms with Gasteiger partial charge in [-0.2, -0.15) is 0 Å². The Labute approximate surface area is 134 Å². The van der Waals surface area contributed by atoms with Crippen molar-refractivity contribution in [2.24, 2.45) is 0 Å². The van der Waals surface area contributed by atoms with Crippen LogP contribution in [0.3, 0.4) is 0 Å².